The molecule has 0 aliphatic carbocycles. The second-order valence-corrected chi connectivity index (χ2v) is 8.46. The predicted molar refractivity (Wildman–Crippen MR) is 93.8 cm³/mol. The molecule has 0 amide bonds. The van der Waals surface area contributed by atoms with Gasteiger partial charge in [-0.2, -0.15) is 0 Å². The molecule has 0 unspecified atom stereocenters. The molecule has 3 rings (SSSR count). The zero-order chi connectivity index (χ0) is 17.5. The van der Waals surface area contributed by atoms with E-state index in [1.807, 2.05) is 13.8 Å². The van der Waals surface area contributed by atoms with Crippen molar-refractivity contribution in [3.8, 4) is 0 Å². The van der Waals surface area contributed by atoms with E-state index >= 15 is 0 Å². The second-order valence-electron chi connectivity index (χ2n) is 8.46. The van der Waals surface area contributed by atoms with Crippen LogP contribution in [-0.4, -0.2) is 46.3 Å². The lowest BCUT2D eigenvalue weighted by atomic mass is 9.79. The average Bonchev–Trinajstić information content (AvgIpc) is 2.83. The molecule has 2 N–H and O–H groups in total. The van der Waals surface area contributed by atoms with Gasteiger partial charge in [0.2, 0.25) is 0 Å². The van der Waals surface area contributed by atoms with E-state index < -0.39 is 11.2 Å². The third-order valence-corrected chi connectivity index (χ3v) is 6.14. The molecule has 3 aliphatic heterocycles. The van der Waals surface area contributed by atoms with Crippen LogP contribution in [0.2, 0.25) is 0 Å². The summed E-state index contributed by atoms with van der Waals surface area (Å²) in [5.41, 5.74) is 2.19. The van der Waals surface area contributed by atoms with E-state index in [0.717, 1.165) is 19.3 Å². The van der Waals surface area contributed by atoms with E-state index in [0.29, 0.717) is 25.9 Å². The van der Waals surface area contributed by atoms with E-state index in [9.17, 15) is 10.2 Å². The lowest BCUT2D eigenvalue weighted by molar-refractivity contribution is -0.216. The number of ether oxygens (including phenoxy) is 2. The van der Waals surface area contributed by atoms with Gasteiger partial charge in [0.15, 0.2) is 0 Å². The first-order chi connectivity index (χ1) is 11.2. The van der Waals surface area contributed by atoms with Gasteiger partial charge in [-0.15, -0.1) is 0 Å². The first-order valence-corrected chi connectivity index (χ1v) is 9.27. The van der Waals surface area contributed by atoms with Crippen molar-refractivity contribution in [2.24, 2.45) is 0 Å². The number of hydrogen-bond acceptors (Lipinski definition) is 4. The summed E-state index contributed by atoms with van der Waals surface area (Å²) in [6.45, 7) is 8.68. The first kappa shape index (κ1) is 18.1. The number of aliphatic hydroxyl groups is 2. The molecule has 4 heteroatoms. The van der Waals surface area contributed by atoms with E-state index in [4.69, 9.17) is 9.47 Å². The van der Waals surface area contributed by atoms with Gasteiger partial charge < -0.3 is 19.7 Å². The summed E-state index contributed by atoms with van der Waals surface area (Å²) < 4.78 is 12.1. The van der Waals surface area contributed by atoms with Crippen molar-refractivity contribution < 1.29 is 19.7 Å². The highest BCUT2D eigenvalue weighted by molar-refractivity contribution is 5.28. The Morgan fingerprint density at radius 3 is 2.42 bits per heavy atom. The van der Waals surface area contributed by atoms with E-state index in [-0.39, 0.29) is 18.3 Å². The molecule has 0 aromatic heterocycles. The Morgan fingerprint density at radius 1 is 1.00 bits per heavy atom. The molecule has 3 heterocycles. The minimum Gasteiger partial charge on any atom is -0.387 e. The van der Waals surface area contributed by atoms with Gasteiger partial charge in [0.05, 0.1) is 36.1 Å². The highest BCUT2D eigenvalue weighted by atomic mass is 16.5. The Bertz CT molecular complexity index is 544. The zero-order valence-electron chi connectivity index (χ0n) is 15.5. The van der Waals surface area contributed by atoms with Crippen molar-refractivity contribution >= 4 is 0 Å². The van der Waals surface area contributed by atoms with Gasteiger partial charge in [-0.25, -0.2) is 0 Å². The Balaban J connectivity index is 1.89. The third-order valence-electron chi connectivity index (χ3n) is 6.14. The molecule has 24 heavy (non-hydrogen) atoms. The highest BCUT2D eigenvalue weighted by Gasteiger charge is 2.45. The van der Waals surface area contributed by atoms with E-state index in [1.165, 1.54) is 16.7 Å². The van der Waals surface area contributed by atoms with Crippen LogP contribution in [0.1, 0.15) is 66.2 Å². The molecule has 5 atom stereocenters. The van der Waals surface area contributed by atoms with Gasteiger partial charge >= 0.3 is 0 Å². The van der Waals surface area contributed by atoms with Crippen molar-refractivity contribution in [3.05, 3.63) is 22.8 Å². The molecule has 0 saturated carbocycles. The van der Waals surface area contributed by atoms with Crippen LogP contribution in [0.3, 0.4) is 0 Å². The van der Waals surface area contributed by atoms with Crippen LogP contribution in [0.25, 0.3) is 0 Å². The number of fused-ring (bicyclic) bond motifs is 3. The Labute approximate surface area is 145 Å². The van der Waals surface area contributed by atoms with Crippen LogP contribution in [0, 0.1) is 0 Å². The smallest absolute Gasteiger partial charge is 0.0977 e. The van der Waals surface area contributed by atoms with Crippen molar-refractivity contribution in [1.29, 1.82) is 0 Å². The molecule has 1 fully saturated rings. The van der Waals surface area contributed by atoms with Crippen LogP contribution in [0.15, 0.2) is 22.8 Å². The summed E-state index contributed by atoms with van der Waals surface area (Å²) in [5.74, 6) is 0. The van der Waals surface area contributed by atoms with Crippen LogP contribution >= 0.6 is 0 Å². The van der Waals surface area contributed by atoms with Gasteiger partial charge in [0, 0.05) is 0 Å². The Hall–Kier alpha value is -0.680. The molecule has 4 nitrogen and oxygen atoms in total. The van der Waals surface area contributed by atoms with Gasteiger partial charge in [-0.3, -0.25) is 0 Å². The minimum absolute atomic E-state index is 0.0431. The zero-order valence-corrected chi connectivity index (χ0v) is 15.5. The van der Waals surface area contributed by atoms with Crippen LogP contribution < -0.4 is 0 Å². The van der Waals surface area contributed by atoms with Crippen molar-refractivity contribution in [3.63, 3.8) is 0 Å². The summed E-state index contributed by atoms with van der Waals surface area (Å²) in [5, 5.41) is 21.7. The fourth-order valence-corrected chi connectivity index (χ4v) is 4.24. The maximum Gasteiger partial charge on any atom is 0.0977 e. The molecule has 3 aliphatic rings. The summed E-state index contributed by atoms with van der Waals surface area (Å²) in [6.07, 6.45) is 6.31. The average molecular weight is 336 g/mol. The molecule has 0 spiro atoms. The highest BCUT2D eigenvalue weighted by Crippen LogP contribution is 2.39. The molecule has 0 radical (unpaired) electrons. The van der Waals surface area contributed by atoms with Gasteiger partial charge in [-0.1, -0.05) is 11.6 Å². The van der Waals surface area contributed by atoms with Crippen LogP contribution in [0.4, 0.5) is 0 Å². The number of allylic oxidation sites excluding steroid dienone is 1. The number of hydrogen-bond donors (Lipinski definition) is 2. The largest absolute Gasteiger partial charge is 0.387 e. The molecule has 0 aromatic rings. The SMILES string of the molecule is CC1=C2CC[C@@](C)(O)[C@@H]3CC[C@@](C)(O)[C@H](CC/C(C)=C/[C@@H]2OC1)O3. The van der Waals surface area contributed by atoms with Crippen molar-refractivity contribution in [1.82, 2.24) is 0 Å². The third kappa shape index (κ3) is 3.62. The molecule has 1 saturated heterocycles. The lowest BCUT2D eigenvalue weighted by Crippen LogP contribution is -2.54. The van der Waals surface area contributed by atoms with E-state index in [1.54, 1.807) is 0 Å². The van der Waals surface area contributed by atoms with Crippen LogP contribution in [-0.2, 0) is 9.47 Å². The van der Waals surface area contributed by atoms with Crippen molar-refractivity contribution in [2.45, 2.75) is 95.7 Å². The fraction of sp³-hybridized carbons (Fsp3) is 0.800. The predicted octanol–water partition coefficient (Wildman–Crippen LogP) is 3.27. The van der Waals surface area contributed by atoms with Crippen molar-refractivity contribution in [2.75, 3.05) is 6.61 Å². The molecule has 0 aromatic carbocycles. The standard InChI is InChI=1S/C20H32O4/c1-13-5-6-17-20(4,22)10-8-18(24-17)19(3,21)9-7-15-14(2)12-23-16(15)11-13/h11,16-18,21-22H,5-10,12H2,1-4H3/b13-11+/t16-,17-,18-,19+,20+/m0/s1. The van der Waals surface area contributed by atoms with Gasteiger partial charge in [0.1, 0.15) is 0 Å². The lowest BCUT2D eigenvalue weighted by Gasteiger charge is -2.46. The van der Waals surface area contributed by atoms with E-state index in [2.05, 4.69) is 19.9 Å². The van der Waals surface area contributed by atoms with Gasteiger partial charge in [-0.05, 0) is 77.4 Å². The normalized spacial score (nSPS) is 46.6. The second kappa shape index (κ2) is 6.56. The summed E-state index contributed by atoms with van der Waals surface area (Å²) >= 11 is 0. The molecular weight excluding hydrogens is 304 g/mol. The monoisotopic (exact) mass is 336 g/mol. The first-order valence-electron chi connectivity index (χ1n) is 9.27. The minimum atomic E-state index is -0.882. The molecule has 2 bridgehead atoms. The maximum atomic E-state index is 11.0. The molecular formula is C20H32O4. The Morgan fingerprint density at radius 2 is 1.67 bits per heavy atom. The number of rotatable bonds is 0. The summed E-state index contributed by atoms with van der Waals surface area (Å²) in [6, 6.07) is 0. The summed E-state index contributed by atoms with van der Waals surface area (Å²) in [7, 11) is 0. The quantitative estimate of drug-likeness (QED) is 0.667. The topological polar surface area (TPSA) is 58.9 Å². The van der Waals surface area contributed by atoms with Crippen LogP contribution in [0.5, 0.6) is 0 Å². The van der Waals surface area contributed by atoms with Gasteiger partial charge in [0.25, 0.3) is 0 Å². The fourth-order valence-electron chi connectivity index (χ4n) is 4.24. The Kier molecular flexibility index (Phi) is 4.95. The summed E-state index contributed by atoms with van der Waals surface area (Å²) in [4.78, 5) is 0. The molecule has 136 valence electrons. The maximum absolute atomic E-state index is 11.0.